The smallest absolute Gasteiger partial charge is 0.213 e. The van der Waals surface area contributed by atoms with Gasteiger partial charge in [-0.25, -0.2) is 0 Å². The summed E-state index contributed by atoms with van der Waals surface area (Å²) in [6.45, 7) is 2.04. The summed E-state index contributed by atoms with van der Waals surface area (Å²) in [7, 11) is 0. The van der Waals surface area contributed by atoms with E-state index >= 15 is 0 Å². The molecular weight excluding hydrogens is 222 g/mol. The molecule has 0 saturated carbocycles. The predicted octanol–water partition coefficient (Wildman–Crippen LogP) is 2.87. The van der Waals surface area contributed by atoms with E-state index in [0.717, 1.165) is 5.52 Å². The third-order valence-electron chi connectivity index (χ3n) is 3.18. The molecule has 1 heterocycles. The molecule has 0 saturated heterocycles. The van der Waals surface area contributed by atoms with Crippen LogP contribution in [0.3, 0.4) is 0 Å². The number of carbonyl (C=O) groups excluding carboxylic acids is 1. The van der Waals surface area contributed by atoms with E-state index in [1.165, 1.54) is 16.2 Å². The number of aromatic nitrogens is 1. The molecule has 0 bridgehead atoms. The van der Waals surface area contributed by atoms with E-state index in [2.05, 4.69) is 30.3 Å². The fourth-order valence-electron chi connectivity index (χ4n) is 2.41. The second kappa shape index (κ2) is 4.22. The Labute approximate surface area is 105 Å². The van der Waals surface area contributed by atoms with E-state index < -0.39 is 0 Å². The van der Waals surface area contributed by atoms with E-state index in [9.17, 15) is 4.79 Å². The van der Waals surface area contributed by atoms with Gasteiger partial charge >= 0.3 is 0 Å². The first-order valence-corrected chi connectivity index (χ1v) is 6.05. The van der Waals surface area contributed by atoms with Crippen molar-refractivity contribution in [1.82, 2.24) is 0 Å². The second-order valence-electron chi connectivity index (χ2n) is 4.56. The van der Waals surface area contributed by atoms with E-state index in [-0.39, 0.29) is 5.78 Å². The summed E-state index contributed by atoms with van der Waals surface area (Å²) in [6.07, 6.45) is 1.96. The van der Waals surface area contributed by atoms with Crippen molar-refractivity contribution in [2.75, 3.05) is 0 Å². The molecule has 2 heteroatoms. The molecule has 3 rings (SSSR count). The maximum atomic E-state index is 11.3. The lowest BCUT2D eigenvalue weighted by molar-refractivity contribution is -0.658. The first kappa shape index (κ1) is 10.9. The van der Waals surface area contributed by atoms with Gasteiger partial charge in [0.2, 0.25) is 12.1 Å². The van der Waals surface area contributed by atoms with Crippen molar-refractivity contribution in [3.63, 3.8) is 0 Å². The van der Waals surface area contributed by atoms with Gasteiger partial charge in [0.1, 0.15) is 0 Å². The van der Waals surface area contributed by atoms with Gasteiger partial charge in [-0.15, -0.1) is 0 Å². The van der Waals surface area contributed by atoms with Crippen LogP contribution in [0.2, 0.25) is 0 Å². The normalized spacial score (nSPS) is 10.9. The van der Waals surface area contributed by atoms with Crippen LogP contribution in [0.1, 0.15) is 6.92 Å². The highest BCUT2D eigenvalue weighted by atomic mass is 16.1. The molecule has 0 aliphatic carbocycles. The number of hydrogen-bond acceptors (Lipinski definition) is 1. The number of rotatable bonds is 2. The van der Waals surface area contributed by atoms with Gasteiger partial charge in [-0.05, 0) is 22.9 Å². The average molecular weight is 236 g/mol. The Morgan fingerprint density at radius 3 is 2.61 bits per heavy atom. The van der Waals surface area contributed by atoms with Gasteiger partial charge in [-0.3, -0.25) is 4.79 Å². The van der Waals surface area contributed by atoms with Gasteiger partial charge in [0.25, 0.3) is 0 Å². The van der Waals surface area contributed by atoms with Crippen molar-refractivity contribution in [3.8, 4) is 0 Å². The van der Waals surface area contributed by atoms with Crippen LogP contribution in [0, 0.1) is 0 Å². The third-order valence-corrected chi connectivity index (χ3v) is 3.18. The van der Waals surface area contributed by atoms with Crippen LogP contribution in [0.25, 0.3) is 21.7 Å². The summed E-state index contributed by atoms with van der Waals surface area (Å²) in [6, 6.07) is 16.6. The molecule has 88 valence electrons. The largest absolute Gasteiger partial charge is 0.293 e. The van der Waals surface area contributed by atoms with E-state index in [0.29, 0.717) is 6.54 Å². The highest BCUT2D eigenvalue weighted by Gasteiger charge is 2.11. The van der Waals surface area contributed by atoms with Gasteiger partial charge in [0, 0.05) is 19.1 Å². The molecule has 2 nitrogen and oxygen atoms in total. The maximum absolute atomic E-state index is 11.3. The van der Waals surface area contributed by atoms with Crippen LogP contribution < -0.4 is 4.57 Å². The molecule has 0 aliphatic heterocycles. The summed E-state index contributed by atoms with van der Waals surface area (Å²) < 4.78 is 2.00. The second-order valence-corrected chi connectivity index (χ2v) is 4.56. The van der Waals surface area contributed by atoms with E-state index in [1.54, 1.807) is 6.92 Å². The Balaban J connectivity index is 2.36. The van der Waals surface area contributed by atoms with Gasteiger partial charge in [0.15, 0.2) is 12.0 Å². The SMILES string of the molecule is CC(=O)C[n+]1cccc2c3ccccc3ccc21. The molecule has 3 aromatic rings. The van der Waals surface area contributed by atoms with Gasteiger partial charge < -0.3 is 0 Å². The Kier molecular flexibility index (Phi) is 2.56. The lowest BCUT2D eigenvalue weighted by Gasteiger charge is -2.03. The average Bonchev–Trinajstić information content (AvgIpc) is 2.38. The summed E-state index contributed by atoms with van der Waals surface area (Å²) in [5.74, 6) is 0.167. The molecule has 0 spiro atoms. The molecule has 0 radical (unpaired) electrons. The first-order valence-electron chi connectivity index (χ1n) is 6.05. The highest BCUT2D eigenvalue weighted by Crippen LogP contribution is 2.22. The van der Waals surface area contributed by atoms with Gasteiger partial charge in [0.05, 0.1) is 5.39 Å². The number of pyridine rings is 1. The molecule has 2 aromatic carbocycles. The van der Waals surface area contributed by atoms with Gasteiger partial charge in [-0.1, -0.05) is 24.3 Å². The Hall–Kier alpha value is -2.22. The molecule has 18 heavy (non-hydrogen) atoms. The van der Waals surface area contributed by atoms with Crippen molar-refractivity contribution in [2.45, 2.75) is 13.5 Å². The Morgan fingerprint density at radius 2 is 1.78 bits per heavy atom. The van der Waals surface area contributed by atoms with Crippen LogP contribution in [0.15, 0.2) is 54.7 Å². The zero-order chi connectivity index (χ0) is 12.5. The number of ketones is 1. The van der Waals surface area contributed by atoms with Crippen molar-refractivity contribution in [2.24, 2.45) is 0 Å². The Bertz CT molecular complexity index is 746. The van der Waals surface area contributed by atoms with Crippen molar-refractivity contribution in [1.29, 1.82) is 0 Å². The lowest BCUT2D eigenvalue weighted by atomic mass is 10.1. The van der Waals surface area contributed by atoms with Crippen LogP contribution in [-0.2, 0) is 11.3 Å². The van der Waals surface area contributed by atoms with Crippen molar-refractivity contribution < 1.29 is 9.36 Å². The summed E-state index contributed by atoms with van der Waals surface area (Å²) >= 11 is 0. The first-order chi connectivity index (χ1) is 8.75. The topological polar surface area (TPSA) is 20.9 Å². The van der Waals surface area contributed by atoms with Crippen LogP contribution in [-0.4, -0.2) is 5.78 Å². The predicted molar refractivity (Wildman–Crippen MR) is 72.3 cm³/mol. The molecule has 0 fully saturated rings. The van der Waals surface area contributed by atoms with E-state index in [1.807, 2.05) is 29.0 Å². The quantitative estimate of drug-likeness (QED) is 0.495. The minimum Gasteiger partial charge on any atom is -0.293 e. The minimum atomic E-state index is 0.167. The standard InChI is InChI=1S/C16H14NO/c1-12(18)11-17-10-4-7-15-14-6-3-2-5-13(14)8-9-16(15)17/h2-10H,11H2,1H3/q+1. The molecule has 1 aromatic heterocycles. The van der Waals surface area contributed by atoms with Crippen LogP contribution >= 0.6 is 0 Å². The van der Waals surface area contributed by atoms with Crippen LogP contribution in [0.4, 0.5) is 0 Å². The lowest BCUT2D eigenvalue weighted by Crippen LogP contribution is -2.37. The molecule has 0 atom stereocenters. The van der Waals surface area contributed by atoms with E-state index in [4.69, 9.17) is 0 Å². The summed E-state index contributed by atoms with van der Waals surface area (Å²) in [4.78, 5) is 11.3. The summed E-state index contributed by atoms with van der Waals surface area (Å²) in [5, 5.41) is 3.65. The fraction of sp³-hybridized carbons (Fsp3) is 0.125. The number of Topliss-reactive ketones (excluding diaryl/α,β-unsaturated/α-hetero) is 1. The zero-order valence-electron chi connectivity index (χ0n) is 10.3. The van der Waals surface area contributed by atoms with Gasteiger partial charge in [-0.2, -0.15) is 4.57 Å². The number of carbonyl (C=O) groups is 1. The zero-order valence-corrected chi connectivity index (χ0v) is 10.3. The minimum absolute atomic E-state index is 0.167. The molecule has 0 N–H and O–H groups in total. The maximum Gasteiger partial charge on any atom is 0.213 e. The van der Waals surface area contributed by atoms with Crippen LogP contribution in [0.5, 0.6) is 0 Å². The number of fused-ring (bicyclic) bond motifs is 3. The molecular formula is C16H14NO+. The fourth-order valence-corrected chi connectivity index (χ4v) is 2.41. The summed E-state index contributed by atoms with van der Waals surface area (Å²) in [5.41, 5.74) is 1.10. The third kappa shape index (κ3) is 1.76. The number of hydrogen-bond donors (Lipinski definition) is 0. The Morgan fingerprint density at radius 1 is 1.00 bits per heavy atom. The molecule has 0 unspecified atom stereocenters. The van der Waals surface area contributed by atoms with Crippen molar-refractivity contribution >= 4 is 27.5 Å². The molecule has 0 aliphatic rings. The number of nitrogens with zero attached hydrogens (tertiary/aromatic N) is 1. The number of benzene rings is 2. The highest BCUT2D eigenvalue weighted by molar-refractivity contribution is 6.05. The van der Waals surface area contributed by atoms with Crippen molar-refractivity contribution in [3.05, 3.63) is 54.7 Å². The monoisotopic (exact) mass is 236 g/mol. The molecule has 0 amide bonds.